The number of amidine groups is 1. The molecule has 1 aliphatic heterocycles. The lowest BCUT2D eigenvalue weighted by molar-refractivity contribution is 0.516. The van der Waals surface area contributed by atoms with E-state index in [4.69, 9.17) is 4.99 Å². The molecule has 0 bridgehead atoms. The molecule has 0 saturated carbocycles. The average Bonchev–Trinajstić information content (AvgIpc) is 2.96. The minimum atomic E-state index is -0.240. The molecule has 3 unspecified atom stereocenters. The molecular weight excluding hydrogens is 323 g/mol. The van der Waals surface area contributed by atoms with E-state index >= 15 is 0 Å². The standard InChI is InChI=1S/C18H21FN4S/c1-12-16(14-10-6-7-11-15(14)19)17(23-22-12)21-18(24-2)20-13-8-4-3-5-9-13/h3-12,16-17,22-23H,1-2H3,(H,20,21). The number of hydrogen-bond donors (Lipinski definition) is 3. The van der Waals surface area contributed by atoms with Crippen molar-refractivity contribution in [3.63, 3.8) is 0 Å². The molecule has 126 valence electrons. The number of nitrogens with zero attached hydrogens (tertiary/aromatic N) is 1. The lowest BCUT2D eigenvalue weighted by Crippen LogP contribution is -2.32. The number of nitrogens with one attached hydrogen (secondary N) is 3. The zero-order chi connectivity index (χ0) is 16.9. The summed E-state index contributed by atoms with van der Waals surface area (Å²) in [4.78, 5) is 4.77. The minimum absolute atomic E-state index is 0.0778. The van der Waals surface area contributed by atoms with Crippen LogP contribution < -0.4 is 16.2 Å². The fraction of sp³-hybridized carbons (Fsp3) is 0.278. The second kappa shape index (κ2) is 7.79. The van der Waals surface area contributed by atoms with Gasteiger partial charge < -0.3 is 5.32 Å². The van der Waals surface area contributed by atoms with Crippen LogP contribution in [0.2, 0.25) is 0 Å². The highest BCUT2D eigenvalue weighted by Crippen LogP contribution is 2.30. The fourth-order valence-corrected chi connectivity index (χ4v) is 3.31. The molecule has 1 fully saturated rings. The van der Waals surface area contributed by atoms with Crippen LogP contribution in [-0.2, 0) is 0 Å². The molecule has 0 spiro atoms. The predicted molar refractivity (Wildman–Crippen MR) is 99.7 cm³/mol. The molecule has 3 atom stereocenters. The van der Waals surface area contributed by atoms with Crippen LogP contribution in [0.15, 0.2) is 59.6 Å². The van der Waals surface area contributed by atoms with Crippen molar-refractivity contribution in [3.05, 3.63) is 66.0 Å². The summed E-state index contributed by atoms with van der Waals surface area (Å²) < 4.78 is 14.2. The highest BCUT2D eigenvalue weighted by molar-refractivity contribution is 8.13. The maximum Gasteiger partial charge on any atom is 0.162 e. The molecule has 0 aromatic heterocycles. The van der Waals surface area contributed by atoms with Crippen molar-refractivity contribution in [3.8, 4) is 0 Å². The highest BCUT2D eigenvalue weighted by atomic mass is 32.2. The van der Waals surface area contributed by atoms with Gasteiger partial charge in [-0.3, -0.25) is 5.43 Å². The molecule has 0 aliphatic carbocycles. The lowest BCUT2D eigenvalue weighted by Gasteiger charge is -2.20. The molecule has 0 amide bonds. The van der Waals surface area contributed by atoms with Gasteiger partial charge in [-0.15, -0.1) is 0 Å². The summed E-state index contributed by atoms with van der Waals surface area (Å²) in [6.07, 6.45) is 1.73. The molecule has 4 nitrogen and oxygen atoms in total. The zero-order valence-electron chi connectivity index (χ0n) is 13.7. The van der Waals surface area contributed by atoms with E-state index in [9.17, 15) is 4.39 Å². The maximum absolute atomic E-state index is 14.2. The molecule has 2 aromatic rings. The van der Waals surface area contributed by atoms with Gasteiger partial charge in [0.05, 0.1) is 0 Å². The molecule has 1 aliphatic rings. The highest BCUT2D eigenvalue weighted by Gasteiger charge is 2.35. The number of thioether (sulfide) groups is 1. The van der Waals surface area contributed by atoms with Gasteiger partial charge in [0.15, 0.2) is 5.17 Å². The van der Waals surface area contributed by atoms with Gasteiger partial charge in [-0.2, -0.15) is 0 Å². The zero-order valence-corrected chi connectivity index (χ0v) is 14.5. The minimum Gasteiger partial charge on any atom is -0.335 e. The number of para-hydroxylation sites is 1. The number of aliphatic imine (C=N–C) groups is 1. The number of benzene rings is 2. The van der Waals surface area contributed by atoms with Crippen molar-refractivity contribution in [2.45, 2.75) is 25.0 Å². The Hall–Kier alpha value is -1.89. The first-order valence-electron chi connectivity index (χ1n) is 7.88. The molecule has 2 aromatic carbocycles. The van der Waals surface area contributed by atoms with Crippen molar-refractivity contribution in [1.82, 2.24) is 10.9 Å². The Kier molecular flexibility index (Phi) is 5.50. The second-order valence-electron chi connectivity index (χ2n) is 5.70. The SMILES string of the molecule is CS/C(=N\C1NNC(C)C1c1ccccc1F)Nc1ccccc1. The number of hydrogen-bond acceptors (Lipinski definition) is 4. The third-order valence-corrected chi connectivity index (χ3v) is 4.67. The van der Waals surface area contributed by atoms with E-state index in [-0.39, 0.29) is 23.9 Å². The first-order chi connectivity index (χ1) is 11.7. The van der Waals surface area contributed by atoms with Gasteiger partial charge in [-0.05, 0) is 36.9 Å². The summed E-state index contributed by atoms with van der Waals surface area (Å²) in [5.74, 6) is -0.271. The lowest BCUT2D eigenvalue weighted by atomic mass is 9.91. The quantitative estimate of drug-likeness (QED) is 0.589. The molecule has 24 heavy (non-hydrogen) atoms. The number of anilines is 1. The smallest absolute Gasteiger partial charge is 0.162 e. The Balaban J connectivity index is 1.84. The van der Waals surface area contributed by atoms with Crippen LogP contribution in [0.3, 0.4) is 0 Å². The van der Waals surface area contributed by atoms with E-state index < -0.39 is 0 Å². The summed E-state index contributed by atoms with van der Waals surface area (Å²) in [5, 5.41) is 4.10. The van der Waals surface area contributed by atoms with E-state index in [1.54, 1.807) is 6.07 Å². The van der Waals surface area contributed by atoms with Gasteiger partial charge in [0.1, 0.15) is 12.0 Å². The van der Waals surface area contributed by atoms with E-state index in [0.717, 1.165) is 10.9 Å². The van der Waals surface area contributed by atoms with E-state index in [1.807, 2.05) is 55.6 Å². The third-order valence-electron chi connectivity index (χ3n) is 4.08. The largest absolute Gasteiger partial charge is 0.335 e. The molecule has 3 rings (SSSR count). The molecule has 3 N–H and O–H groups in total. The maximum atomic E-state index is 14.2. The van der Waals surface area contributed by atoms with Crippen LogP contribution in [0.4, 0.5) is 10.1 Å². The van der Waals surface area contributed by atoms with Crippen molar-refractivity contribution in [2.24, 2.45) is 4.99 Å². The topological polar surface area (TPSA) is 48.5 Å². The van der Waals surface area contributed by atoms with Crippen LogP contribution in [0, 0.1) is 5.82 Å². The van der Waals surface area contributed by atoms with Crippen LogP contribution >= 0.6 is 11.8 Å². The number of rotatable bonds is 3. The van der Waals surface area contributed by atoms with Crippen LogP contribution in [0.1, 0.15) is 18.4 Å². The second-order valence-corrected chi connectivity index (χ2v) is 6.49. The molecule has 1 saturated heterocycles. The molecule has 6 heteroatoms. The van der Waals surface area contributed by atoms with Gasteiger partial charge in [-0.1, -0.05) is 48.2 Å². The summed E-state index contributed by atoms with van der Waals surface area (Å²) >= 11 is 1.53. The Morgan fingerprint density at radius 1 is 1.08 bits per heavy atom. The van der Waals surface area contributed by atoms with Crippen molar-refractivity contribution >= 4 is 22.6 Å². The van der Waals surface area contributed by atoms with Gasteiger partial charge >= 0.3 is 0 Å². The summed E-state index contributed by atoms with van der Waals surface area (Å²) in [7, 11) is 0. The van der Waals surface area contributed by atoms with Crippen molar-refractivity contribution < 1.29 is 4.39 Å². The Labute approximate surface area is 145 Å². The van der Waals surface area contributed by atoms with Crippen LogP contribution in [0.25, 0.3) is 0 Å². The van der Waals surface area contributed by atoms with Gasteiger partial charge in [-0.25, -0.2) is 14.8 Å². The van der Waals surface area contributed by atoms with Crippen LogP contribution in [-0.4, -0.2) is 23.6 Å². The van der Waals surface area contributed by atoms with Crippen molar-refractivity contribution in [2.75, 3.05) is 11.6 Å². The van der Waals surface area contributed by atoms with E-state index in [0.29, 0.717) is 5.56 Å². The molecule has 1 heterocycles. The first-order valence-corrected chi connectivity index (χ1v) is 9.11. The summed E-state index contributed by atoms with van der Waals surface area (Å²) in [6, 6.07) is 16.9. The Morgan fingerprint density at radius 3 is 2.50 bits per heavy atom. The van der Waals surface area contributed by atoms with E-state index in [2.05, 4.69) is 16.2 Å². The molecule has 0 radical (unpaired) electrons. The number of hydrazine groups is 1. The van der Waals surface area contributed by atoms with Gasteiger partial charge in [0.2, 0.25) is 0 Å². The summed E-state index contributed by atoms with van der Waals surface area (Å²) in [5.41, 5.74) is 8.01. The normalized spacial score (nSPS) is 24.1. The summed E-state index contributed by atoms with van der Waals surface area (Å²) in [6.45, 7) is 2.03. The monoisotopic (exact) mass is 344 g/mol. The Morgan fingerprint density at radius 2 is 1.79 bits per heavy atom. The average molecular weight is 344 g/mol. The fourth-order valence-electron chi connectivity index (χ4n) is 2.87. The van der Waals surface area contributed by atoms with E-state index in [1.165, 1.54) is 17.8 Å². The molecular formula is C18H21FN4S. The van der Waals surface area contributed by atoms with Gasteiger partial charge in [0, 0.05) is 17.6 Å². The number of halogens is 1. The Bertz CT molecular complexity index is 707. The van der Waals surface area contributed by atoms with Gasteiger partial charge in [0.25, 0.3) is 0 Å². The van der Waals surface area contributed by atoms with Crippen molar-refractivity contribution in [1.29, 1.82) is 0 Å². The first kappa shape index (κ1) is 17.0. The third kappa shape index (κ3) is 3.77. The van der Waals surface area contributed by atoms with Crippen LogP contribution in [0.5, 0.6) is 0 Å². The predicted octanol–water partition coefficient (Wildman–Crippen LogP) is 3.56.